The van der Waals surface area contributed by atoms with Gasteiger partial charge in [0.05, 0.1) is 19.8 Å². The van der Waals surface area contributed by atoms with Gasteiger partial charge in [0.1, 0.15) is 5.70 Å². The van der Waals surface area contributed by atoms with Gasteiger partial charge in [0, 0.05) is 44.6 Å². The van der Waals surface area contributed by atoms with Gasteiger partial charge in [0.25, 0.3) is 11.8 Å². The molecule has 0 spiro atoms. The van der Waals surface area contributed by atoms with Crippen molar-refractivity contribution in [2.24, 2.45) is 0 Å². The molecule has 0 aromatic heterocycles. The molecule has 8 nitrogen and oxygen atoms in total. The van der Waals surface area contributed by atoms with Crippen LogP contribution in [0.15, 0.2) is 48.2 Å². The van der Waals surface area contributed by atoms with Crippen molar-refractivity contribution in [2.45, 2.75) is 6.92 Å². The van der Waals surface area contributed by atoms with Crippen LogP contribution in [0.3, 0.4) is 0 Å². The molecule has 33 heavy (non-hydrogen) atoms. The number of rotatable bonds is 7. The van der Waals surface area contributed by atoms with Crippen molar-refractivity contribution < 1.29 is 19.1 Å². The zero-order valence-corrected chi connectivity index (χ0v) is 19.6. The minimum atomic E-state index is -0.371. The maximum Gasteiger partial charge on any atom is 0.277 e. The summed E-state index contributed by atoms with van der Waals surface area (Å²) in [6.07, 6.45) is 0. The Hall–Kier alpha value is -3.52. The van der Waals surface area contributed by atoms with Crippen LogP contribution in [-0.2, 0) is 9.59 Å². The van der Waals surface area contributed by atoms with E-state index in [4.69, 9.17) is 9.47 Å². The topological polar surface area (TPSA) is 74.3 Å². The van der Waals surface area contributed by atoms with E-state index in [1.54, 1.807) is 25.3 Å². The summed E-state index contributed by atoms with van der Waals surface area (Å²) >= 11 is 0. The highest BCUT2D eigenvalue weighted by atomic mass is 16.5. The predicted octanol–water partition coefficient (Wildman–Crippen LogP) is 2.67. The van der Waals surface area contributed by atoms with Crippen LogP contribution in [0.5, 0.6) is 11.5 Å². The quantitative estimate of drug-likeness (QED) is 0.650. The molecular weight excluding hydrogens is 420 g/mol. The number of hydrogen-bond donors (Lipinski definition) is 1. The van der Waals surface area contributed by atoms with Gasteiger partial charge in [-0.05, 0) is 48.5 Å². The van der Waals surface area contributed by atoms with E-state index in [9.17, 15) is 9.59 Å². The first kappa shape index (κ1) is 22.7. The Kier molecular flexibility index (Phi) is 6.55. The van der Waals surface area contributed by atoms with Crippen LogP contribution in [0, 0.1) is 0 Å². The third kappa shape index (κ3) is 4.39. The molecule has 4 rings (SSSR count). The third-order valence-electron chi connectivity index (χ3n) is 6.28. The molecule has 8 heteroatoms. The number of benzene rings is 2. The molecule has 0 radical (unpaired) electrons. The van der Waals surface area contributed by atoms with E-state index in [-0.39, 0.29) is 17.5 Å². The van der Waals surface area contributed by atoms with Crippen molar-refractivity contribution in [3.05, 3.63) is 53.7 Å². The lowest BCUT2D eigenvalue weighted by Gasteiger charge is -2.35. The summed E-state index contributed by atoms with van der Waals surface area (Å²) in [4.78, 5) is 31.7. The largest absolute Gasteiger partial charge is 0.493 e. The van der Waals surface area contributed by atoms with Gasteiger partial charge in [-0.2, -0.15) is 0 Å². The zero-order chi connectivity index (χ0) is 23.5. The number of hydrogen-bond acceptors (Lipinski definition) is 7. The summed E-state index contributed by atoms with van der Waals surface area (Å²) in [6.45, 7) is 7.37. The number of likely N-dealkylation sites (N-methyl/N-ethyl adjacent to an activating group) is 2. The van der Waals surface area contributed by atoms with Crippen LogP contribution in [-0.4, -0.2) is 75.6 Å². The highest BCUT2D eigenvalue weighted by Crippen LogP contribution is 2.35. The van der Waals surface area contributed by atoms with Crippen molar-refractivity contribution in [3.8, 4) is 11.5 Å². The number of imide groups is 1. The summed E-state index contributed by atoms with van der Waals surface area (Å²) in [5, 5.41) is 3.18. The number of carbonyl (C=O) groups is 2. The Labute approximate surface area is 194 Å². The second-order valence-corrected chi connectivity index (χ2v) is 8.08. The number of amides is 2. The van der Waals surface area contributed by atoms with Crippen LogP contribution < -0.4 is 19.7 Å². The van der Waals surface area contributed by atoms with E-state index in [1.165, 1.54) is 14.2 Å². The van der Waals surface area contributed by atoms with Crippen LogP contribution in [0.4, 0.5) is 11.4 Å². The highest BCUT2D eigenvalue weighted by Gasteiger charge is 2.37. The molecule has 2 heterocycles. The predicted molar refractivity (Wildman–Crippen MR) is 129 cm³/mol. The average Bonchev–Trinajstić information content (AvgIpc) is 3.07. The van der Waals surface area contributed by atoms with Gasteiger partial charge in [0.2, 0.25) is 0 Å². The highest BCUT2D eigenvalue weighted by molar-refractivity contribution is 6.36. The normalized spacial score (nSPS) is 17.1. The second-order valence-electron chi connectivity index (χ2n) is 8.08. The van der Waals surface area contributed by atoms with Crippen LogP contribution in [0.1, 0.15) is 12.5 Å². The van der Waals surface area contributed by atoms with Crippen LogP contribution >= 0.6 is 0 Å². The van der Waals surface area contributed by atoms with Gasteiger partial charge in [-0.25, -0.2) is 0 Å². The molecule has 2 aliphatic rings. The maximum absolute atomic E-state index is 12.9. The summed E-state index contributed by atoms with van der Waals surface area (Å²) in [6, 6.07) is 13.2. The SMILES string of the molecule is CCN1CCN(c2ccc(NC3=C(c4ccc(OC)c(OC)c4)C(=O)N(C)C3=O)cc2)CC1. The monoisotopic (exact) mass is 450 g/mol. The Morgan fingerprint density at radius 3 is 2.15 bits per heavy atom. The molecule has 0 bridgehead atoms. The molecular formula is C25H30N4O4. The Balaban J connectivity index is 1.60. The number of nitrogens with zero attached hydrogens (tertiary/aromatic N) is 3. The van der Waals surface area contributed by atoms with E-state index >= 15 is 0 Å². The summed E-state index contributed by atoms with van der Waals surface area (Å²) in [5.41, 5.74) is 3.04. The molecule has 2 aromatic rings. The fourth-order valence-corrected chi connectivity index (χ4v) is 4.24. The smallest absolute Gasteiger partial charge is 0.277 e. The van der Waals surface area contributed by atoms with Gasteiger partial charge in [-0.1, -0.05) is 13.0 Å². The molecule has 0 aliphatic carbocycles. The molecule has 1 N–H and O–H groups in total. The van der Waals surface area contributed by atoms with Gasteiger partial charge in [-0.3, -0.25) is 14.5 Å². The van der Waals surface area contributed by atoms with Crippen molar-refractivity contribution in [3.63, 3.8) is 0 Å². The Morgan fingerprint density at radius 1 is 0.879 bits per heavy atom. The molecule has 0 unspecified atom stereocenters. The lowest BCUT2D eigenvalue weighted by molar-refractivity contribution is -0.135. The summed E-state index contributed by atoms with van der Waals surface area (Å²) < 4.78 is 10.7. The summed E-state index contributed by atoms with van der Waals surface area (Å²) in [7, 11) is 4.57. The van der Waals surface area contributed by atoms with Gasteiger partial charge in [0.15, 0.2) is 11.5 Å². The molecule has 1 saturated heterocycles. The third-order valence-corrected chi connectivity index (χ3v) is 6.28. The van der Waals surface area contributed by atoms with Crippen molar-refractivity contribution in [2.75, 3.05) is 64.2 Å². The van der Waals surface area contributed by atoms with Gasteiger partial charge in [-0.15, -0.1) is 0 Å². The van der Waals surface area contributed by atoms with E-state index in [0.29, 0.717) is 22.6 Å². The molecule has 2 aliphatic heterocycles. The number of anilines is 2. The number of methoxy groups -OCH3 is 2. The fraction of sp³-hybridized carbons (Fsp3) is 0.360. The number of piperazine rings is 1. The number of carbonyl (C=O) groups excluding carboxylic acids is 2. The zero-order valence-electron chi connectivity index (χ0n) is 19.6. The molecule has 2 amide bonds. The lowest BCUT2D eigenvalue weighted by Crippen LogP contribution is -2.46. The molecule has 0 atom stereocenters. The summed E-state index contributed by atoms with van der Waals surface area (Å²) in [5.74, 6) is 0.311. The van der Waals surface area contributed by atoms with E-state index in [1.807, 2.05) is 24.3 Å². The van der Waals surface area contributed by atoms with E-state index in [2.05, 4.69) is 22.0 Å². The van der Waals surface area contributed by atoms with Crippen molar-refractivity contribution in [1.82, 2.24) is 9.80 Å². The Bertz CT molecular complexity index is 1070. The molecule has 1 fully saturated rings. The van der Waals surface area contributed by atoms with Gasteiger partial charge < -0.3 is 24.6 Å². The Morgan fingerprint density at radius 2 is 1.55 bits per heavy atom. The molecule has 0 saturated carbocycles. The maximum atomic E-state index is 12.9. The lowest BCUT2D eigenvalue weighted by atomic mass is 10.0. The first-order valence-electron chi connectivity index (χ1n) is 11.1. The van der Waals surface area contributed by atoms with E-state index < -0.39 is 0 Å². The van der Waals surface area contributed by atoms with Crippen molar-refractivity contribution >= 4 is 28.8 Å². The van der Waals surface area contributed by atoms with Gasteiger partial charge >= 0.3 is 0 Å². The van der Waals surface area contributed by atoms with Crippen LogP contribution in [0.25, 0.3) is 5.57 Å². The average molecular weight is 451 g/mol. The van der Waals surface area contributed by atoms with Crippen molar-refractivity contribution in [1.29, 1.82) is 0 Å². The minimum Gasteiger partial charge on any atom is -0.493 e. The minimum absolute atomic E-state index is 0.249. The first-order valence-corrected chi connectivity index (χ1v) is 11.1. The number of nitrogens with one attached hydrogen (secondary N) is 1. The van der Waals surface area contributed by atoms with Crippen LogP contribution in [0.2, 0.25) is 0 Å². The first-order chi connectivity index (χ1) is 16.0. The standard InChI is InChI=1S/C25H30N4O4/c1-5-28-12-14-29(15-13-28)19-9-7-18(8-10-19)26-23-22(24(30)27(2)25(23)31)17-6-11-20(32-3)21(16-17)33-4/h6-11,16,26H,5,12-15H2,1-4H3. The number of ether oxygens (including phenoxy) is 2. The fourth-order valence-electron chi connectivity index (χ4n) is 4.24. The second kappa shape index (κ2) is 9.54. The van der Waals surface area contributed by atoms with E-state index in [0.717, 1.165) is 49.0 Å². The molecule has 2 aromatic carbocycles. The molecule has 174 valence electrons.